The van der Waals surface area contributed by atoms with E-state index in [1.165, 1.54) is 12.8 Å². The minimum atomic E-state index is -0.115. The van der Waals surface area contributed by atoms with Gasteiger partial charge in [0.2, 0.25) is 5.91 Å². The number of benzene rings is 1. The van der Waals surface area contributed by atoms with Crippen LogP contribution in [-0.4, -0.2) is 23.7 Å². The summed E-state index contributed by atoms with van der Waals surface area (Å²) in [6, 6.07) is 10.1. The molecule has 1 aliphatic rings. The van der Waals surface area contributed by atoms with E-state index in [1.807, 2.05) is 30.3 Å². The first-order valence-electron chi connectivity index (χ1n) is 7.59. The lowest BCUT2D eigenvalue weighted by Gasteiger charge is -2.25. The lowest BCUT2D eigenvalue weighted by Crippen LogP contribution is -2.41. The fourth-order valence-electron chi connectivity index (χ4n) is 2.84. The Morgan fingerprint density at radius 2 is 1.95 bits per heavy atom. The van der Waals surface area contributed by atoms with Gasteiger partial charge in [0.05, 0.1) is 5.92 Å². The zero-order valence-corrected chi connectivity index (χ0v) is 12.4. The first-order chi connectivity index (χ1) is 9.63. The van der Waals surface area contributed by atoms with Crippen LogP contribution in [0.2, 0.25) is 0 Å². The van der Waals surface area contributed by atoms with Crippen LogP contribution in [0.1, 0.15) is 44.6 Å². The van der Waals surface area contributed by atoms with Crippen LogP contribution in [0, 0.1) is 11.8 Å². The number of hydrogen-bond donors (Lipinski definition) is 2. The van der Waals surface area contributed by atoms with E-state index in [9.17, 15) is 4.79 Å². The summed E-state index contributed by atoms with van der Waals surface area (Å²) in [6.07, 6.45) is 3.00. The molecule has 3 heteroatoms. The van der Waals surface area contributed by atoms with Gasteiger partial charge in [-0.2, -0.15) is 0 Å². The average molecular weight is 275 g/mol. The average Bonchev–Trinajstić information content (AvgIpc) is 3.23. The molecule has 2 rings (SSSR count). The molecule has 2 unspecified atom stereocenters. The first kappa shape index (κ1) is 15.0. The van der Waals surface area contributed by atoms with E-state index in [0.717, 1.165) is 5.56 Å². The zero-order chi connectivity index (χ0) is 14.5. The molecule has 0 aromatic heterocycles. The molecule has 0 bridgehead atoms. The van der Waals surface area contributed by atoms with Gasteiger partial charge < -0.3 is 10.4 Å². The van der Waals surface area contributed by atoms with Crippen molar-refractivity contribution < 1.29 is 9.90 Å². The van der Waals surface area contributed by atoms with E-state index in [1.54, 1.807) is 0 Å². The summed E-state index contributed by atoms with van der Waals surface area (Å²) in [4.78, 5) is 12.6. The van der Waals surface area contributed by atoms with Crippen LogP contribution < -0.4 is 5.32 Å². The second-order valence-electron chi connectivity index (χ2n) is 6.10. The van der Waals surface area contributed by atoms with Gasteiger partial charge in [0.1, 0.15) is 0 Å². The van der Waals surface area contributed by atoms with Crippen molar-refractivity contribution in [2.24, 2.45) is 11.8 Å². The van der Waals surface area contributed by atoms with Crippen molar-refractivity contribution in [3.8, 4) is 0 Å². The molecule has 110 valence electrons. The van der Waals surface area contributed by atoms with Crippen LogP contribution in [0.3, 0.4) is 0 Å². The van der Waals surface area contributed by atoms with Gasteiger partial charge in [-0.3, -0.25) is 4.79 Å². The highest BCUT2D eigenvalue weighted by Gasteiger charge is 2.34. The third kappa shape index (κ3) is 3.83. The SMILES string of the molecule is CC(C)C(C(=O)NC(CCO)C1CC1)c1ccccc1. The van der Waals surface area contributed by atoms with Crippen LogP contribution in [0.4, 0.5) is 0 Å². The molecule has 2 N–H and O–H groups in total. The molecular weight excluding hydrogens is 250 g/mol. The third-order valence-corrected chi connectivity index (χ3v) is 4.07. The third-order valence-electron chi connectivity index (χ3n) is 4.07. The molecule has 3 nitrogen and oxygen atoms in total. The van der Waals surface area contributed by atoms with E-state index in [2.05, 4.69) is 19.2 Å². The van der Waals surface area contributed by atoms with Crippen LogP contribution in [0.15, 0.2) is 30.3 Å². The smallest absolute Gasteiger partial charge is 0.228 e. The molecule has 2 atom stereocenters. The van der Waals surface area contributed by atoms with E-state index >= 15 is 0 Å². The lowest BCUT2D eigenvalue weighted by atomic mass is 9.87. The fraction of sp³-hybridized carbons (Fsp3) is 0.588. The Labute approximate surface area is 121 Å². The topological polar surface area (TPSA) is 49.3 Å². The number of aliphatic hydroxyl groups excluding tert-OH is 1. The highest BCUT2D eigenvalue weighted by Crippen LogP contribution is 2.34. The quantitative estimate of drug-likeness (QED) is 0.804. The van der Waals surface area contributed by atoms with Gasteiger partial charge in [0.15, 0.2) is 0 Å². The van der Waals surface area contributed by atoms with E-state index in [0.29, 0.717) is 12.3 Å². The van der Waals surface area contributed by atoms with Gasteiger partial charge in [-0.15, -0.1) is 0 Å². The highest BCUT2D eigenvalue weighted by molar-refractivity contribution is 5.84. The molecule has 20 heavy (non-hydrogen) atoms. The molecule has 1 saturated carbocycles. The summed E-state index contributed by atoms with van der Waals surface area (Å²) in [5.41, 5.74) is 1.07. The molecule has 0 radical (unpaired) electrons. The minimum absolute atomic E-state index is 0.0940. The number of hydrogen-bond acceptors (Lipinski definition) is 2. The summed E-state index contributed by atoms with van der Waals surface area (Å²) in [6.45, 7) is 4.30. The van der Waals surface area contributed by atoms with Gasteiger partial charge in [-0.05, 0) is 36.7 Å². The Balaban J connectivity index is 2.07. The zero-order valence-electron chi connectivity index (χ0n) is 12.4. The summed E-state index contributed by atoms with van der Waals surface area (Å²) in [5, 5.41) is 12.3. The second-order valence-corrected chi connectivity index (χ2v) is 6.10. The number of nitrogens with one attached hydrogen (secondary N) is 1. The molecule has 0 saturated heterocycles. The predicted molar refractivity (Wildman–Crippen MR) is 80.4 cm³/mol. The van der Waals surface area contributed by atoms with Crippen molar-refractivity contribution in [3.63, 3.8) is 0 Å². The monoisotopic (exact) mass is 275 g/mol. The van der Waals surface area contributed by atoms with Gasteiger partial charge in [0, 0.05) is 12.6 Å². The van der Waals surface area contributed by atoms with Crippen LogP contribution >= 0.6 is 0 Å². The van der Waals surface area contributed by atoms with Crippen molar-refractivity contribution in [1.29, 1.82) is 0 Å². The standard InChI is InChI=1S/C17H25NO2/c1-12(2)16(14-6-4-3-5-7-14)17(20)18-15(10-11-19)13-8-9-13/h3-7,12-13,15-16,19H,8-11H2,1-2H3,(H,18,20). The van der Waals surface area contributed by atoms with Gasteiger partial charge in [-0.1, -0.05) is 44.2 Å². The highest BCUT2D eigenvalue weighted by atomic mass is 16.3. The van der Waals surface area contributed by atoms with E-state index < -0.39 is 0 Å². The maximum atomic E-state index is 12.6. The summed E-state index contributed by atoms with van der Waals surface area (Å²) in [5.74, 6) is 0.800. The Hall–Kier alpha value is -1.35. The number of carbonyl (C=O) groups excluding carboxylic acids is 1. The summed E-state index contributed by atoms with van der Waals surface area (Å²) < 4.78 is 0. The van der Waals surface area contributed by atoms with Crippen LogP contribution in [0.25, 0.3) is 0 Å². The molecule has 1 aromatic rings. The van der Waals surface area contributed by atoms with Gasteiger partial charge in [-0.25, -0.2) is 0 Å². The number of aliphatic hydroxyl groups is 1. The van der Waals surface area contributed by atoms with E-state index in [4.69, 9.17) is 5.11 Å². The largest absolute Gasteiger partial charge is 0.396 e. The van der Waals surface area contributed by atoms with Gasteiger partial charge >= 0.3 is 0 Å². The molecule has 1 fully saturated rings. The van der Waals surface area contributed by atoms with Crippen LogP contribution in [0.5, 0.6) is 0 Å². The fourth-order valence-corrected chi connectivity index (χ4v) is 2.84. The Morgan fingerprint density at radius 3 is 2.45 bits per heavy atom. The molecule has 1 aromatic carbocycles. The molecule has 1 amide bonds. The Morgan fingerprint density at radius 1 is 1.30 bits per heavy atom. The molecule has 0 aliphatic heterocycles. The lowest BCUT2D eigenvalue weighted by molar-refractivity contribution is -0.124. The van der Waals surface area contributed by atoms with Crippen molar-refractivity contribution in [2.75, 3.05) is 6.61 Å². The predicted octanol–water partition coefficient (Wildman–Crippen LogP) is 2.70. The number of carbonyl (C=O) groups is 1. The van der Waals surface area contributed by atoms with Crippen LogP contribution in [-0.2, 0) is 4.79 Å². The summed E-state index contributed by atoms with van der Waals surface area (Å²) >= 11 is 0. The van der Waals surface area contributed by atoms with Crippen molar-refractivity contribution in [1.82, 2.24) is 5.32 Å². The van der Waals surface area contributed by atoms with Gasteiger partial charge in [0.25, 0.3) is 0 Å². The molecule has 0 heterocycles. The normalized spacial score (nSPS) is 17.8. The minimum Gasteiger partial charge on any atom is -0.396 e. The second kappa shape index (κ2) is 6.89. The summed E-state index contributed by atoms with van der Waals surface area (Å²) in [7, 11) is 0. The van der Waals surface area contributed by atoms with Crippen molar-refractivity contribution >= 4 is 5.91 Å². The molecular formula is C17H25NO2. The maximum Gasteiger partial charge on any atom is 0.228 e. The first-order valence-corrected chi connectivity index (χ1v) is 7.59. The maximum absolute atomic E-state index is 12.6. The Bertz CT molecular complexity index is 426. The van der Waals surface area contributed by atoms with Crippen molar-refractivity contribution in [2.45, 2.75) is 45.1 Å². The molecule has 1 aliphatic carbocycles. The van der Waals surface area contributed by atoms with E-state index in [-0.39, 0.29) is 30.4 Å². The number of rotatable bonds is 7. The van der Waals surface area contributed by atoms with Crippen molar-refractivity contribution in [3.05, 3.63) is 35.9 Å². The number of amides is 1. The Kier molecular flexibility index (Phi) is 5.18. The molecule has 0 spiro atoms.